The van der Waals surface area contributed by atoms with Crippen molar-refractivity contribution >= 4 is 11.6 Å². The van der Waals surface area contributed by atoms with Crippen LogP contribution < -0.4 is 0 Å². The lowest BCUT2D eigenvalue weighted by Gasteiger charge is -2.05. The van der Waals surface area contributed by atoms with Crippen LogP contribution in [0, 0.1) is 0 Å². The molecular weight excluding hydrogens is 191 g/mol. The first-order valence-corrected chi connectivity index (χ1v) is 3.77. The van der Waals surface area contributed by atoms with E-state index in [1.165, 1.54) is 13.2 Å². The van der Waals surface area contributed by atoms with Gasteiger partial charge in [-0.25, -0.2) is 0 Å². The molecule has 0 spiro atoms. The minimum Gasteiger partial charge on any atom is -0.347 e. The topological polar surface area (TPSA) is 4.93 Å². The average molecular weight is 198 g/mol. The van der Waals surface area contributed by atoms with Gasteiger partial charge in [-0.2, -0.15) is 13.2 Å². The molecule has 0 aliphatic carbocycles. The van der Waals surface area contributed by atoms with Gasteiger partial charge < -0.3 is 4.57 Å². The van der Waals surface area contributed by atoms with E-state index < -0.39 is 11.9 Å². The Balaban J connectivity index is 3.08. The summed E-state index contributed by atoms with van der Waals surface area (Å²) in [5.74, 6) is 0.101. The summed E-state index contributed by atoms with van der Waals surface area (Å²) < 4.78 is 37.4. The quantitative estimate of drug-likeness (QED) is 0.610. The molecule has 0 radical (unpaired) electrons. The fourth-order valence-corrected chi connectivity index (χ4v) is 1.13. The predicted molar refractivity (Wildman–Crippen MR) is 40.0 cm³/mol. The van der Waals surface area contributed by atoms with Crippen LogP contribution in [0.5, 0.6) is 0 Å². The Kier molecular flexibility index (Phi) is 2.37. The van der Waals surface area contributed by atoms with E-state index in [2.05, 4.69) is 0 Å². The van der Waals surface area contributed by atoms with Gasteiger partial charge in [0.15, 0.2) is 0 Å². The van der Waals surface area contributed by atoms with Crippen LogP contribution in [0.3, 0.4) is 0 Å². The molecule has 1 nitrogen and oxygen atoms in total. The van der Waals surface area contributed by atoms with Crippen molar-refractivity contribution in [3.8, 4) is 0 Å². The fourth-order valence-electron chi connectivity index (χ4n) is 0.988. The van der Waals surface area contributed by atoms with E-state index in [0.717, 1.165) is 10.6 Å². The summed E-state index contributed by atoms with van der Waals surface area (Å²) in [6.45, 7) is 0. The summed E-state index contributed by atoms with van der Waals surface area (Å²) in [6.07, 6.45) is -2.92. The Hall–Kier alpha value is -0.640. The lowest BCUT2D eigenvalue weighted by Crippen LogP contribution is -2.09. The zero-order chi connectivity index (χ0) is 9.35. The molecule has 0 atom stereocenters. The third-order valence-corrected chi connectivity index (χ3v) is 1.81. The maximum absolute atomic E-state index is 12.1. The number of rotatable bonds is 1. The fraction of sp³-hybridized carbons (Fsp3) is 0.429. The zero-order valence-corrected chi connectivity index (χ0v) is 7.08. The summed E-state index contributed by atoms with van der Waals surface area (Å²) >= 11 is 5.38. The van der Waals surface area contributed by atoms with E-state index in [9.17, 15) is 13.2 Å². The molecule has 0 aliphatic rings. The van der Waals surface area contributed by atoms with Crippen molar-refractivity contribution in [2.45, 2.75) is 12.1 Å². The molecule has 0 saturated carbocycles. The van der Waals surface area contributed by atoms with Gasteiger partial charge in [-0.3, -0.25) is 0 Å². The smallest absolute Gasteiger partial charge is 0.347 e. The summed E-state index contributed by atoms with van der Waals surface area (Å²) in [5.41, 5.74) is -0.190. The van der Waals surface area contributed by atoms with Gasteiger partial charge in [0.05, 0.1) is 0 Å². The van der Waals surface area contributed by atoms with Crippen molar-refractivity contribution in [2.75, 3.05) is 0 Å². The maximum atomic E-state index is 12.1. The highest BCUT2D eigenvalue weighted by Crippen LogP contribution is 2.30. The number of hydrogen-bond acceptors (Lipinski definition) is 0. The van der Waals surface area contributed by atoms with Crippen LogP contribution in [0.1, 0.15) is 11.3 Å². The number of alkyl halides is 4. The number of aromatic nitrogens is 1. The van der Waals surface area contributed by atoms with Crippen molar-refractivity contribution < 1.29 is 13.2 Å². The molecule has 5 heteroatoms. The number of hydrogen-bond donors (Lipinski definition) is 0. The molecule has 0 saturated heterocycles. The van der Waals surface area contributed by atoms with E-state index in [0.29, 0.717) is 5.56 Å². The van der Waals surface area contributed by atoms with Crippen LogP contribution in [-0.2, 0) is 19.1 Å². The molecule has 0 fully saturated rings. The van der Waals surface area contributed by atoms with E-state index >= 15 is 0 Å². The summed E-state index contributed by atoms with van der Waals surface area (Å²) in [6, 6.07) is 1.05. The van der Waals surface area contributed by atoms with Crippen LogP contribution in [0.25, 0.3) is 0 Å². The summed E-state index contributed by atoms with van der Waals surface area (Å²) in [5, 5.41) is 0. The zero-order valence-electron chi connectivity index (χ0n) is 6.32. The van der Waals surface area contributed by atoms with Crippen molar-refractivity contribution in [2.24, 2.45) is 7.05 Å². The van der Waals surface area contributed by atoms with Gasteiger partial charge >= 0.3 is 6.18 Å². The molecule has 12 heavy (non-hydrogen) atoms. The van der Waals surface area contributed by atoms with Crippen LogP contribution >= 0.6 is 11.6 Å². The Morgan fingerprint density at radius 1 is 1.50 bits per heavy atom. The van der Waals surface area contributed by atoms with Crippen LogP contribution in [0.4, 0.5) is 13.2 Å². The minimum absolute atomic E-state index is 0.101. The van der Waals surface area contributed by atoms with E-state index in [1.807, 2.05) is 0 Å². The molecule has 0 aliphatic heterocycles. The molecule has 68 valence electrons. The first kappa shape index (κ1) is 9.45. The second kappa shape index (κ2) is 3.01. The normalized spacial score (nSPS) is 12.1. The highest BCUT2D eigenvalue weighted by atomic mass is 35.5. The van der Waals surface area contributed by atoms with Gasteiger partial charge in [0.2, 0.25) is 0 Å². The van der Waals surface area contributed by atoms with Crippen LogP contribution in [0.2, 0.25) is 0 Å². The third kappa shape index (κ3) is 1.75. The molecule has 0 bridgehead atoms. The first-order valence-electron chi connectivity index (χ1n) is 3.23. The molecule has 1 aromatic rings. The number of nitrogens with zero attached hydrogens (tertiary/aromatic N) is 1. The minimum atomic E-state index is -4.29. The van der Waals surface area contributed by atoms with Gasteiger partial charge in [0.25, 0.3) is 0 Å². The molecule has 1 aromatic heterocycles. The summed E-state index contributed by atoms with van der Waals surface area (Å²) in [7, 11) is 1.35. The Morgan fingerprint density at radius 2 is 2.08 bits per heavy atom. The highest BCUT2D eigenvalue weighted by Gasteiger charge is 2.33. The van der Waals surface area contributed by atoms with Crippen molar-refractivity contribution in [1.82, 2.24) is 4.57 Å². The molecule has 0 amide bonds. The summed E-state index contributed by atoms with van der Waals surface area (Å²) in [4.78, 5) is 0. The molecule has 0 aromatic carbocycles. The van der Waals surface area contributed by atoms with Crippen molar-refractivity contribution in [3.63, 3.8) is 0 Å². The highest BCUT2D eigenvalue weighted by molar-refractivity contribution is 6.17. The van der Waals surface area contributed by atoms with Crippen molar-refractivity contribution in [3.05, 3.63) is 23.5 Å². The molecule has 1 rings (SSSR count). The molecular formula is C7H7ClF3N. The van der Waals surface area contributed by atoms with Gasteiger partial charge in [0.1, 0.15) is 5.69 Å². The third-order valence-electron chi connectivity index (χ3n) is 1.51. The Morgan fingerprint density at radius 3 is 2.33 bits per heavy atom. The standard InChI is InChI=1S/C7H7ClF3N/c1-12-4-5(3-8)2-6(12)7(9,10)11/h2,4H,3H2,1H3. The molecule has 0 unspecified atom stereocenters. The molecule has 1 heterocycles. The van der Waals surface area contributed by atoms with Crippen LogP contribution in [-0.4, -0.2) is 4.57 Å². The second-order valence-electron chi connectivity index (χ2n) is 2.48. The SMILES string of the molecule is Cn1cc(CCl)cc1C(F)(F)F. The van der Waals surface area contributed by atoms with E-state index in [1.54, 1.807) is 0 Å². The predicted octanol–water partition coefficient (Wildman–Crippen LogP) is 2.78. The van der Waals surface area contributed by atoms with E-state index in [4.69, 9.17) is 11.6 Å². The number of halogens is 4. The average Bonchev–Trinajstić information content (AvgIpc) is 2.29. The Labute approximate surface area is 72.7 Å². The van der Waals surface area contributed by atoms with E-state index in [-0.39, 0.29) is 5.88 Å². The first-order chi connectivity index (χ1) is 5.45. The monoisotopic (exact) mass is 197 g/mol. The van der Waals surface area contributed by atoms with Crippen molar-refractivity contribution in [1.29, 1.82) is 0 Å². The lowest BCUT2D eigenvalue weighted by molar-refractivity contribution is -0.143. The largest absolute Gasteiger partial charge is 0.431 e. The van der Waals surface area contributed by atoms with Crippen LogP contribution in [0.15, 0.2) is 12.3 Å². The lowest BCUT2D eigenvalue weighted by atomic mass is 10.3. The van der Waals surface area contributed by atoms with Gasteiger partial charge in [0, 0.05) is 19.1 Å². The van der Waals surface area contributed by atoms with Gasteiger partial charge in [-0.1, -0.05) is 0 Å². The maximum Gasteiger partial charge on any atom is 0.431 e. The Bertz CT molecular complexity index is 277. The van der Waals surface area contributed by atoms with Gasteiger partial charge in [-0.05, 0) is 11.6 Å². The second-order valence-corrected chi connectivity index (χ2v) is 2.74. The van der Waals surface area contributed by atoms with Gasteiger partial charge in [-0.15, -0.1) is 11.6 Å². The molecule has 0 N–H and O–H groups in total. The number of aryl methyl sites for hydroxylation is 1.